The molecule has 0 bridgehead atoms. The summed E-state index contributed by atoms with van der Waals surface area (Å²) in [5.74, 6) is -0.250. The van der Waals surface area contributed by atoms with Crippen molar-refractivity contribution < 1.29 is 9.59 Å². The molecular formula is C17H24N6O2. The highest BCUT2D eigenvalue weighted by atomic mass is 16.2. The van der Waals surface area contributed by atoms with Crippen LogP contribution in [0, 0.1) is 5.92 Å². The normalized spacial score (nSPS) is 16.0. The number of anilines is 1. The number of nitrogens with one attached hydrogen (secondary N) is 2. The second kappa shape index (κ2) is 7.08. The summed E-state index contributed by atoms with van der Waals surface area (Å²) in [7, 11) is 3.61. The van der Waals surface area contributed by atoms with E-state index in [1.807, 2.05) is 13.1 Å². The van der Waals surface area contributed by atoms with Gasteiger partial charge >= 0.3 is 0 Å². The molecule has 1 aliphatic carbocycles. The number of carbonyl (C=O) groups is 2. The van der Waals surface area contributed by atoms with E-state index < -0.39 is 6.04 Å². The Labute approximate surface area is 146 Å². The maximum absolute atomic E-state index is 12.5. The van der Waals surface area contributed by atoms with Crippen LogP contribution >= 0.6 is 0 Å². The van der Waals surface area contributed by atoms with Gasteiger partial charge in [0.15, 0.2) is 0 Å². The number of hydrogen-bond donors (Lipinski definition) is 2. The Morgan fingerprint density at radius 1 is 1.28 bits per heavy atom. The molecule has 1 unspecified atom stereocenters. The van der Waals surface area contributed by atoms with Gasteiger partial charge in [-0.2, -0.15) is 10.2 Å². The van der Waals surface area contributed by atoms with E-state index in [4.69, 9.17) is 0 Å². The van der Waals surface area contributed by atoms with E-state index in [9.17, 15) is 9.59 Å². The largest absolute Gasteiger partial charge is 0.344 e. The Morgan fingerprint density at radius 2 is 2.00 bits per heavy atom. The molecule has 1 fully saturated rings. The standard InChI is InChI=1S/C17H24N6O2/c1-11(19-17(25)12-6-4-5-7-12)16(24)20-13-10-22(2)21-15(13)14-8-9-18-23(14)3/h8-12H,4-7H2,1-3H3,(H,19,25)(H,20,24). The van der Waals surface area contributed by atoms with Crippen LogP contribution in [0.25, 0.3) is 11.4 Å². The van der Waals surface area contributed by atoms with Gasteiger partial charge in [0, 0.05) is 32.4 Å². The van der Waals surface area contributed by atoms with E-state index >= 15 is 0 Å². The molecule has 2 aromatic heterocycles. The average molecular weight is 344 g/mol. The zero-order valence-corrected chi connectivity index (χ0v) is 14.8. The lowest BCUT2D eigenvalue weighted by molar-refractivity contribution is -0.128. The maximum atomic E-state index is 12.5. The molecule has 1 saturated carbocycles. The lowest BCUT2D eigenvalue weighted by Gasteiger charge is -2.16. The minimum absolute atomic E-state index is 0.0294. The fraction of sp³-hybridized carbons (Fsp3) is 0.529. The second-order valence-electron chi connectivity index (χ2n) is 6.61. The van der Waals surface area contributed by atoms with Crippen LogP contribution < -0.4 is 10.6 Å². The number of rotatable bonds is 5. The van der Waals surface area contributed by atoms with Crippen LogP contribution in [0.5, 0.6) is 0 Å². The third kappa shape index (κ3) is 3.72. The number of aromatic nitrogens is 4. The molecule has 0 radical (unpaired) electrons. The molecule has 25 heavy (non-hydrogen) atoms. The maximum Gasteiger partial charge on any atom is 0.246 e. The third-order valence-corrected chi connectivity index (χ3v) is 4.63. The van der Waals surface area contributed by atoms with Crippen LogP contribution in [-0.4, -0.2) is 37.4 Å². The van der Waals surface area contributed by atoms with E-state index in [0.717, 1.165) is 31.4 Å². The van der Waals surface area contributed by atoms with Gasteiger partial charge in [-0.25, -0.2) is 0 Å². The molecule has 1 aliphatic rings. The topological polar surface area (TPSA) is 93.8 Å². The summed E-state index contributed by atoms with van der Waals surface area (Å²) < 4.78 is 3.34. The van der Waals surface area contributed by atoms with Gasteiger partial charge in [-0.05, 0) is 25.8 Å². The third-order valence-electron chi connectivity index (χ3n) is 4.63. The fourth-order valence-corrected chi connectivity index (χ4v) is 3.20. The summed E-state index contributed by atoms with van der Waals surface area (Å²) in [6.07, 6.45) is 7.41. The molecule has 134 valence electrons. The van der Waals surface area contributed by atoms with Crippen LogP contribution in [0.3, 0.4) is 0 Å². The highest BCUT2D eigenvalue weighted by Crippen LogP contribution is 2.26. The molecular weight excluding hydrogens is 320 g/mol. The minimum atomic E-state index is -0.604. The molecule has 2 amide bonds. The van der Waals surface area contributed by atoms with Gasteiger partial charge in [-0.15, -0.1) is 0 Å². The number of carbonyl (C=O) groups excluding carboxylic acids is 2. The van der Waals surface area contributed by atoms with Crippen LogP contribution in [-0.2, 0) is 23.7 Å². The summed E-state index contributed by atoms with van der Waals surface area (Å²) in [5.41, 5.74) is 2.04. The Bertz CT molecular complexity index is 772. The number of nitrogens with zero attached hydrogens (tertiary/aromatic N) is 4. The van der Waals surface area contributed by atoms with Crippen molar-refractivity contribution in [1.82, 2.24) is 24.9 Å². The van der Waals surface area contributed by atoms with Gasteiger partial charge < -0.3 is 10.6 Å². The van der Waals surface area contributed by atoms with Crippen LogP contribution in [0.1, 0.15) is 32.6 Å². The lowest BCUT2D eigenvalue weighted by atomic mass is 10.1. The summed E-state index contributed by atoms with van der Waals surface area (Å²) in [6.45, 7) is 1.70. The predicted octanol–water partition coefficient (Wildman–Crippen LogP) is 1.45. The first-order chi connectivity index (χ1) is 12.0. The van der Waals surface area contributed by atoms with Crippen LogP contribution in [0.4, 0.5) is 5.69 Å². The Kier molecular flexibility index (Phi) is 4.87. The van der Waals surface area contributed by atoms with Gasteiger partial charge in [0.1, 0.15) is 11.7 Å². The van der Waals surface area contributed by atoms with Crippen molar-refractivity contribution in [3.05, 3.63) is 18.5 Å². The average Bonchev–Trinajstić information content (AvgIpc) is 3.28. The molecule has 0 saturated heterocycles. The zero-order valence-electron chi connectivity index (χ0n) is 14.8. The van der Waals surface area contributed by atoms with Crippen molar-refractivity contribution in [2.45, 2.75) is 38.6 Å². The number of amides is 2. The quantitative estimate of drug-likeness (QED) is 0.858. The van der Waals surface area contributed by atoms with Gasteiger partial charge in [0.05, 0.1) is 11.4 Å². The summed E-state index contributed by atoms with van der Waals surface area (Å²) in [5, 5.41) is 14.2. The molecule has 2 heterocycles. The fourth-order valence-electron chi connectivity index (χ4n) is 3.20. The number of hydrogen-bond acceptors (Lipinski definition) is 4. The lowest BCUT2D eigenvalue weighted by Crippen LogP contribution is -2.43. The van der Waals surface area contributed by atoms with Crippen LogP contribution in [0.2, 0.25) is 0 Å². The highest BCUT2D eigenvalue weighted by molar-refractivity contribution is 5.99. The minimum Gasteiger partial charge on any atom is -0.344 e. The Balaban J connectivity index is 1.68. The Hall–Kier alpha value is -2.64. The van der Waals surface area contributed by atoms with Crippen molar-refractivity contribution in [2.24, 2.45) is 20.0 Å². The van der Waals surface area contributed by atoms with E-state index in [1.165, 1.54) is 0 Å². The van der Waals surface area contributed by atoms with E-state index in [0.29, 0.717) is 11.4 Å². The Morgan fingerprint density at radius 3 is 2.64 bits per heavy atom. The molecule has 2 aromatic rings. The summed E-state index contributed by atoms with van der Waals surface area (Å²) in [4.78, 5) is 24.7. The molecule has 1 atom stereocenters. The molecule has 2 N–H and O–H groups in total. The van der Waals surface area contributed by atoms with Crippen molar-refractivity contribution in [1.29, 1.82) is 0 Å². The van der Waals surface area contributed by atoms with E-state index in [2.05, 4.69) is 20.8 Å². The summed E-state index contributed by atoms with van der Waals surface area (Å²) in [6, 6.07) is 1.23. The van der Waals surface area contributed by atoms with E-state index in [-0.39, 0.29) is 17.7 Å². The van der Waals surface area contributed by atoms with Gasteiger partial charge in [0.25, 0.3) is 0 Å². The first-order valence-electron chi connectivity index (χ1n) is 8.59. The molecule has 0 aliphatic heterocycles. The van der Waals surface area contributed by atoms with Crippen molar-refractivity contribution >= 4 is 17.5 Å². The molecule has 8 nitrogen and oxygen atoms in total. The first-order valence-corrected chi connectivity index (χ1v) is 8.59. The van der Waals surface area contributed by atoms with Gasteiger partial charge in [0.2, 0.25) is 11.8 Å². The predicted molar refractivity (Wildman–Crippen MR) is 93.6 cm³/mol. The zero-order chi connectivity index (χ0) is 18.0. The molecule has 3 rings (SSSR count). The van der Waals surface area contributed by atoms with Crippen molar-refractivity contribution in [3.63, 3.8) is 0 Å². The van der Waals surface area contributed by atoms with Crippen LogP contribution in [0.15, 0.2) is 18.5 Å². The molecule has 8 heteroatoms. The monoisotopic (exact) mass is 344 g/mol. The molecule has 0 aromatic carbocycles. The van der Waals surface area contributed by atoms with Crippen molar-refractivity contribution in [3.8, 4) is 11.4 Å². The van der Waals surface area contributed by atoms with Crippen molar-refractivity contribution in [2.75, 3.05) is 5.32 Å². The smallest absolute Gasteiger partial charge is 0.246 e. The van der Waals surface area contributed by atoms with E-state index in [1.54, 1.807) is 35.7 Å². The first kappa shape index (κ1) is 17.2. The summed E-state index contributed by atoms with van der Waals surface area (Å²) >= 11 is 0. The highest BCUT2D eigenvalue weighted by Gasteiger charge is 2.26. The van der Waals surface area contributed by atoms with Gasteiger partial charge in [-0.3, -0.25) is 19.0 Å². The van der Waals surface area contributed by atoms with Gasteiger partial charge in [-0.1, -0.05) is 12.8 Å². The SMILES string of the molecule is CC(NC(=O)C1CCCC1)C(=O)Nc1cn(C)nc1-c1ccnn1C. The second-order valence-corrected chi connectivity index (χ2v) is 6.61. The molecule has 0 spiro atoms. The number of aryl methyl sites for hydroxylation is 2.